The van der Waals surface area contributed by atoms with Crippen LogP contribution in [0.1, 0.15) is 57.6 Å². The molecule has 0 unspecified atom stereocenters. The van der Waals surface area contributed by atoms with Gasteiger partial charge in [-0.25, -0.2) is 18.6 Å². The summed E-state index contributed by atoms with van der Waals surface area (Å²) in [6, 6.07) is 5.00. The maximum Gasteiger partial charge on any atom is 0.241 e. The Balaban J connectivity index is 1.53. The number of carbonyl (C=O) groups is 1. The third kappa shape index (κ3) is 3.62. The predicted molar refractivity (Wildman–Crippen MR) is 111 cm³/mol. The fourth-order valence-electron chi connectivity index (χ4n) is 4.55. The topological polar surface area (TPSA) is 87.6 Å². The molecule has 2 N–H and O–H groups in total. The van der Waals surface area contributed by atoms with Crippen LogP contribution in [0.15, 0.2) is 28.2 Å². The van der Waals surface area contributed by atoms with Crippen molar-refractivity contribution in [3.05, 3.63) is 29.3 Å². The molecule has 2 bridgehead atoms. The van der Waals surface area contributed by atoms with Crippen molar-refractivity contribution in [3.8, 4) is 0 Å². The number of benzene rings is 1. The number of amides is 1. The van der Waals surface area contributed by atoms with E-state index in [1.165, 1.54) is 6.42 Å². The average Bonchev–Trinajstić information content (AvgIpc) is 2.95. The molecule has 1 aromatic carbocycles. The van der Waals surface area contributed by atoms with Gasteiger partial charge in [0.05, 0.1) is 4.90 Å². The second kappa shape index (κ2) is 7.26. The smallest absolute Gasteiger partial charge is 0.241 e. The lowest BCUT2D eigenvalue weighted by Crippen LogP contribution is -2.34. The van der Waals surface area contributed by atoms with Crippen LogP contribution >= 0.6 is 0 Å². The summed E-state index contributed by atoms with van der Waals surface area (Å²) in [4.78, 5) is 12.4. The van der Waals surface area contributed by atoms with Gasteiger partial charge in [0.15, 0.2) is 0 Å². The predicted octanol–water partition coefficient (Wildman–Crippen LogP) is 3.29. The van der Waals surface area contributed by atoms with Crippen molar-refractivity contribution in [2.24, 2.45) is 21.8 Å². The van der Waals surface area contributed by atoms with E-state index >= 15 is 0 Å². The zero-order valence-corrected chi connectivity index (χ0v) is 18.2. The van der Waals surface area contributed by atoms with Crippen LogP contribution in [-0.4, -0.2) is 26.6 Å². The number of fused-ring (bicyclic) bond motifs is 2. The zero-order chi connectivity index (χ0) is 20.7. The summed E-state index contributed by atoms with van der Waals surface area (Å²) in [6.07, 6.45) is 3.31. The van der Waals surface area contributed by atoms with Crippen LogP contribution in [0.25, 0.3) is 0 Å². The molecule has 3 rings (SSSR count). The molecule has 1 aromatic rings. The van der Waals surface area contributed by atoms with Gasteiger partial charge in [-0.1, -0.05) is 26.8 Å². The highest BCUT2D eigenvalue weighted by Gasteiger charge is 2.60. The Kier molecular flexibility index (Phi) is 5.44. The minimum atomic E-state index is -3.62. The van der Waals surface area contributed by atoms with Gasteiger partial charge in [-0.15, -0.1) is 0 Å². The first-order valence-electron chi connectivity index (χ1n) is 9.90. The van der Waals surface area contributed by atoms with Crippen molar-refractivity contribution in [1.82, 2.24) is 10.1 Å². The Labute approximate surface area is 168 Å². The third-order valence-corrected chi connectivity index (χ3v) is 8.72. The number of rotatable bonds is 6. The van der Waals surface area contributed by atoms with E-state index in [0.29, 0.717) is 5.92 Å². The molecule has 0 heterocycles. The average molecular weight is 406 g/mol. The first-order valence-corrected chi connectivity index (χ1v) is 11.4. The van der Waals surface area contributed by atoms with Gasteiger partial charge < -0.3 is 0 Å². The lowest BCUT2D eigenvalue weighted by atomic mass is 9.70. The van der Waals surface area contributed by atoms with Gasteiger partial charge in [-0.3, -0.25) is 4.79 Å². The normalized spacial score (nSPS) is 27.3. The van der Waals surface area contributed by atoms with Gasteiger partial charge in [0, 0.05) is 24.1 Å². The Bertz CT molecular complexity index is 921. The van der Waals surface area contributed by atoms with Gasteiger partial charge in [-0.2, -0.15) is 5.10 Å². The summed E-state index contributed by atoms with van der Waals surface area (Å²) < 4.78 is 27.2. The van der Waals surface area contributed by atoms with E-state index in [9.17, 15) is 13.2 Å². The number of nitrogens with zero attached hydrogens (tertiary/aromatic N) is 1. The monoisotopic (exact) mass is 405 g/mol. The van der Waals surface area contributed by atoms with Crippen LogP contribution in [0.2, 0.25) is 0 Å². The summed E-state index contributed by atoms with van der Waals surface area (Å²) in [7, 11) is -3.62. The van der Waals surface area contributed by atoms with Crippen LogP contribution in [0, 0.1) is 30.6 Å². The lowest BCUT2D eigenvalue weighted by molar-refractivity contribution is -0.120. The van der Waals surface area contributed by atoms with Gasteiger partial charge >= 0.3 is 0 Å². The Morgan fingerprint density at radius 1 is 1.21 bits per heavy atom. The molecule has 0 saturated heterocycles. The van der Waals surface area contributed by atoms with E-state index in [2.05, 4.69) is 36.0 Å². The second-order valence-corrected chi connectivity index (χ2v) is 10.7. The van der Waals surface area contributed by atoms with Crippen molar-refractivity contribution in [3.63, 3.8) is 0 Å². The molecule has 2 atom stereocenters. The molecule has 2 saturated carbocycles. The number of hydrazone groups is 1. The molecule has 0 spiro atoms. The molecule has 7 heteroatoms. The van der Waals surface area contributed by atoms with Gasteiger partial charge in [0.25, 0.3) is 0 Å². The standard InChI is InChI=1S/C21H31N3O3S/c1-14-6-7-17(12-15(14)2)28(26,27)22-11-9-19(25)24-23-18-13-16-8-10-21(18,5)20(16,3)4/h6-7,12,16,22H,8-11,13H2,1-5H3,(H,24,25)/b23-18-/t16-,21-/m0/s1. The molecule has 0 radical (unpaired) electrons. The van der Waals surface area contributed by atoms with Crippen LogP contribution in [0.3, 0.4) is 0 Å². The first kappa shape index (κ1) is 21.0. The van der Waals surface area contributed by atoms with Crippen molar-refractivity contribution >= 4 is 21.6 Å². The molecule has 0 aromatic heterocycles. The number of sulfonamides is 1. The molecule has 2 fully saturated rings. The van der Waals surface area contributed by atoms with Crippen LogP contribution in [-0.2, 0) is 14.8 Å². The van der Waals surface area contributed by atoms with E-state index in [0.717, 1.165) is 29.7 Å². The van der Waals surface area contributed by atoms with Crippen molar-refractivity contribution < 1.29 is 13.2 Å². The summed E-state index contributed by atoms with van der Waals surface area (Å²) >= 11 is 0. The third-order valence-electron chi connectivity index (χ3n) is 7.26. The zero-order valence-electron chi connectivity index (χ0n) is 17.4. The Morgan fingerprint density at radius 2 is 1.93 bits per heavy atom. The van der Waals surface area contributed by atoms with E-state index < -0.39 is 10.0 Å². The largest absolute Gasteiger partial charge is 0.273 e. The minimum Gasteiger partial charge on any atom is -0.273 e. The number of aryl methyl sites for hydroxylation is 2. The minimum absolute atomic E-state index is 0.0375. The Morgan fingerprint density at radius 3 is 2.50 bits per heavy atom. The lowest BCUT2D eigenvalue weighted by Gasteiger charge is -2.34. The second-order valence-electron chi connectivity index (χ2n) is 8.98. The summed E-state index contributed by atoms with van der Waals surface area (Å²) in [6.45, 7) is 10.7. The van der Waals surface area contributed by atoms with Crippen LogP contribution in [0.4, 0.5) is 0 Å². The molecular weight excluding hydrogens is 374 g/mol. The fourth-order valence-corrected chi connectivity index (χ4v) is 5.66. The molecule has 2 aliphatic carbocycles. The van der Waals surface area contributed by atoms with Gasteiger partial charge in [0.2, 0.25) is 15.9 Å². The van der Waals surface area contributed by atoms with E-state index in [4.69, 9.17) is 0 Å². The molecule has 1 amide bonds. The Hall–Kier alpha value is -1.73. The molecular formula is C21H31N3O3S. The van der Waals surface area contributed by atoms with Gasteiger partial charge in [0.1, 0.15) is 0 Å². The van der Waals surface area contributed by atoms with E-state index in [-0.39, 0.29) is 34.6 Å². The summed E-state index contributed by atoms with van der Waals surface area (Å²) in [5.74, 6) is 0.345. The maximum absolute atomic E-state index is 12.4. The fraction of sp³-hybridized carbons (Fsp3) is 0.619. The molecule has 28 heavy (non-hydrogen) atoms. The van der Waals surface area contributed by atoms with Crippen molar-refractivity contribution in [1.29, 1.82) is 0 Å². The summed E-state index contributed by atoms with van der Waals surface area (Å²) in [5.41, 5.74) is 5.89. The quantitative estimate of drug-likeness (QED) is 0.712. The molecule has 0 aliphatic heterocycles. The number of nitrogens with one attached hydrogen (secondary N) is 2. The number of hydrogen-bond donors (Lipinski definition) is 2. The van der Waals surface area contributed by atoms with E-state index in [1.807, 2.05) is 13.8 Å². The number of hydrogen-bond acceptors (Lipinski definition) is 4. The molecule has 2 aliphatic rings. The maximum atomic E-state index is 12.4. The highest BCUT2D eigenvalue weighted by atomic mass is 32.2. The summed E-state index contributed by atoms with van der Waals surface area (Å²) in [5, 5.41) is 4.41. The van der Waals surface area contributed by atoms with Crippen molar-refractivity contribution in [2.75, 3.05) is 6.54 Å². The van der Waals surface area contributed by atoms with Crippen LogP contribution < -0.4 is 10.1 Å². The highest BCUT2D eigenvalue weighted by molar-refractivity contribution is 7.89. The molecule has 154 valence electrons. The van der Waals surface area contributed by atoms with Crippen LogP contribution in [0.5, 0.6) is 0 Å². The highest BCUT2D eigenvalue weighted by Crippen LogP contribution is 2.63. The van der Waals surface area contributed by atoms with E-state index in [1.54, 1.807) is 18.2 Å². The van der Waals surface area contributed by atoms with Crippen molar-refractivity contribution in [2.45, 2.75) is 65.2 Å². The van der Waals surface area contributed by atoms with Gasteiger partial charge in [-0.05, 0) is 67.7 Å². The first-order chi connectivity index (χ1) is 13.0. The molecule has 6 nitrogen and oxygen atoms in total. The number of carbonyl (C=O) groups excluding carboxylic acids is 1. The SMILES string of the molecule is Cc1ccc(S(=O)(=O)NCCC(=O)N/N=C2/C[C@@H]3CC[C@]2(C)C3(C)C)cc1C.